The SMILES string of the molecule is COc1ccc(C(OC[C@H]2O[C@@H](n3cc(C)c(=O)[nH]c3=O)C[C@@H]2O[P+](=O)[Se])(c2ccccc2)c2ccc(OC)cc2)cc1. The van der Waals surface area contributed by atoms with Crippen molar-refractivity contribution in [2.75, 3.05) is 20.8 Å². The van der Waals surface area contributed by atoms with Crippen LogP contribution in [0.1, 0.15) is 34.9 Å². The molecule has 0 saturated carbocycles. The average molecular weight is 670 g/mol. The Bertz CT molecular complexity index is 1630. The molecule has 0 aliphatic carbocycles. The van der Waals surface area contributed by atoms with E-state index in [0.717, 1.165) is 16.7 Å². The van der Waals surface area contributed by atoms with Crippen molar-refractivity contribution in [2.45, 2.75) is 37.4 Å². The summed E-state index contributed by atoms with van der Waals surface area (Å²) in [6.07, 6.45) is -0.492. The van der Waals surface area contributed by atoms with E-state index >= 15 is 0 Å². The summed E-state index contributed by atoms with van der Waals surface area (Å²) >= 11 is 2.49. The van der Waals surface area contributed by atoms with Crippen LogP contribution in [-0.2, 0) is 24.2 Å². The minimum atomic E-state index is -2.11. The number of hydrogen-bond acceptors (Lipinski definition) is 8. The molecule has 0 spiro atoms. The fourth-order valence-electron chi connectivity index (χ4n) is 5.32. The van der Waals surface area contributed by atoms with Gasteiger partial charge < -0.3 is 0 Å². The zero-order chi connectivity index (χ0) is 30.6. The quantitative estimate of drug-likeness (QED) is 0.142. The van der Waals surface area contributed by atoms with E-state index in [1.807, 2.05) is 78.9 Å². The molecule has 1 radical (unpaired) electrons. The fourth-order valence-corrected chi connectivity index (χ4v) is 6.46. The molecule has 2 heterocycles. The summed E-state index contributed by atoms with van der Waals surface area (Å²) in [5.74, 6) is 1.39. The maximum absolute atomic E-state index is 12.7. The topological polar surface area (TPSA) is 118 Å². The molecule has 223 valence electrons. The Hall–Kier alpha value is -3.56. The van der Waals surface area contributed by atoms with Crippen LogP contribution in [0.3, 0.4) is 0 Å². The van der Waals surface area contributed by atoms with Gasteiger partial charge in [-0.1, -0.05) is 0 Å². The van der Waals surface area contributed by atoms with Gasteiger partial charge in [0, 0.05) is 0 Å². The van der Waals surface area contributed by atoms with Crippen LogP contribution < -0.4 is 20.7 Å². The van der Waals surface area contributed by atoms with Gasteiger partial charge in [0.15, 0.2) is 0 Å². The number of methoxy groups -OCH3 is 2. The zero-order valence-electron chi connectivity index (χ0n) is 23.8. The predicted octanol–water partition coefficient (Wildman–Crippen LogP) is 4.37. The van der Waals surface area contributed by atoms with Crippen LogP contribution in [0.5, 0.6) is 11.5 Å². The molecule has 5 rings (SSSR count). The van der Waals surface area contributed by atoms with Crippen LogP contribution in [0.4, 0.5) is 0 Å². The van der Waals surface area contributed by atoms with Crippen LogP contribution in [0.2, 0.25) is 0 Å². The van der Waals surface area contributed by atoms with E-state index in [1.165, 1.54) is 10.8 Å². The Morgan fingerprint density at radius 2 is 1.49 bits per heavy atom. The van der Waals surface area contributed by atoms with E-state index in [4.69, 9.17) is 23.5 Å². The third kappa shape index (κ3) is 6.53. The van der Waals surface area contributed by atoms with Gasteiger partial charge in [-0.3, -0.25) is 0 Å². The van der Waals surface area contributed by atoms with Crippen LogP contribution in [0.25, 0.3) is 0 Å². The van der Waals surface area contributed by atoms with Crippen LogP contribution >= 0.6 is 6.72 Å². The second-order valence-electron chi connectivity index (χ2n) is 10.0. The fraction of sp³-hybridized carbons (Fsp3) is 0.290. The molecule has 4 atom stereocenters. The zero-order valence-corrected chi connectivity index (χ0v) is 26.4. The number of rotatable bonds is 11. The monoisotopic (exact) mass is 670 g/mol. The van der Waals surface area contributed by atoms with Crippen molar-refractivity contribution >= 4 is 22.3 Å². The number of H-pyrrole nitrogens is 1. The van der Waals surface area contributed by atoms with Crippen molar-refractivity contribution < 1.29 is 28.0 Å². The molecule has 1 saturated heterocycles. The standard InChI is InChI=1S/C31H31N2O8PSe/c1-20-18-33(30(35)32-29(20)34)28-17-26(41-42(36)43)27(40-28)19-39-31(21-7-5-4-6-8-21,22-9-13-24(37-2)14-10-22)23-11-15-25(38-3)16-12-23/h4-16,18,26-28H,17,19H2,1-3H3,(H,32,34,35)/q+1/t26-,27+,28+/m0/s1. The summed E-state index contributed by atoms with van der Waals surface area (Å²) < 4.78 is 43.3. The summed E-state index contributed by atoms with van der Waals surface area (Å²) in [4.78, 5) is 26.9. The van der Waals surface area contributed by atoms with Gasteiger partial charge in [0.1, 0.15) is 0 Å². The number of nitrogens with one attached hydrogen (secondary N) is 1. The van der Waals surface area contributed by atoms with Gasteiger partial charge in [0.05, 0.1) is 14.2 Å². The third-order valence-corrected chi connectivity index (χ3v) is 8.48. The van der Waals surface area contributed by atoms with Gasteiger partial charge in [-0.15, -0.1) is 0 Å². The van der Waals surface area contributed by atoms with E-state index in [2.05, 4.69) is 20.6 Å². The Morgan fingerprint density at radius 3 is 2.02 bits per heavy atom. The first-order valence-corrected chi connectivity index (χ1v) is 16.9. The normalized spacial score (nSPS) is 18.8. The van der Waals surface area contributed by atoms with Crippen molar-refractivity contribution in [1.82, 2.24) is 9.55 Å². The average Bonchev–Trinajstić information content (AvgIpc) is 3.41. The van der Waals surface area contributed by atoms with E-state index in [0.29, 0.717) is 17.1 Å². The predicted molar refractivity (Wildman–Crippen MR) is 161 cm³/mol. The van der Waals surface area contributed by atoms with Crippen LogP contribution in [0.15, 0.2) is 94.6 Å². The number of aryl methyl sites for hydroxylation is 1. The molecule has 43 heavy (non-hydrogen) atoms. The van der Waals surface area contributed by atoms with Crippen molar-refractivity contribution in [3.63, 3.8) is 0 Å². The molecule has 0 bridgehead atoms. The van der Waals surface area contributed by atoms with E-state index in [-0.39, 0.29) is 13.0 Å². The summed E-state index contributed by atoms with van der Waals surface area (Å²) in [7, 11) is 3.22. The maximum atomic E-state index is 12.7. The minimum absolute atomic E-state index is 0.00831. The molecule has 3 aromatic carbocycles. The van der Waals surface area contributed by atoms with Crippen molar-refractivity contribution in [1.29, 1.82) is 0 Å². The second-order valence-corrected chi connectivity index (χ2v) is 12.6. The van der Waals surface area contributed by atoms with Gasteiger partial charge in [0.25, 0.3) is 0 Å². The summed E-state index contributed by atoms with van der Waals surface area (Å²) in [5, 5.41) is 0. The van der Waals surface area contributed by atoms with Crippen LogP contribution in [0, 0.1) is 6.92 Å². The van der Waals surface area contributed by atoms with E-state index in [1.54, 1.807) is 21.1 Å². The summed E-state index contributed by atoms with van der Waals surface area (Å²) in [6, 6.07) is 25.1. The van der Waals surface area contributed by atoms with Gasteiger partial charge >= 0.3 is 244 Å². The summed E-state index contributed by atoms with van der Waals surface area (Å²) in [5.41, 5.74) is 0.695. The molecular formula is C31H31N2O8PSe+. The Labute approximate surface area is 257 Å². The Balaban J connectivity index is 1.58. The van der Waals surface area contributed by atoms with Gasteiger partial charge in [0.2, 0.25) is 0 Å². The molecule has 0 amide bonds. The number of nitrogens with zero attached hydrogens (tertiary/aromatic N) is 1. The van der Waals surface area contributed by atoms with Crippen molar-refractivity contribution in [3.8, 4) is 11.5 Å². The molecule has 1 aromatic heterocycles. The van der Waals surface area contributed by atoms with Crippen molar-refractivity contribution in [2.24, 2.45) is 0 Å². The number of ether oxygens (including phenoxy) is 4. The summed E-state index contributed by atoms with van der Waals surface area (Å²) in [6.45, 7) is -0.497. The third-order valence-electron chi connectivity index (χ3n) is 7.50. The first-order chi connectivity index (χ1) is 20.7. The molecule has 4 aromatic rings. The molecule has 1 unspecified atom stereocenters. The molecule has 1 aliphatic rings. The van der Waals surface area contributed by atoms with Crippen molar-refractivity contribution in [3.05, 3.63) is 128 Å². The molecular weight excluding hydrogens is 638 g/mol. The molecule has 12 heteroatoms. The van der Waals surface area contributed by atoms with Gasteiger partial charge in [-0.25, -0.2) is 0 Å². The molecule has 10 nitrogen and oxygen atoms in total. The van der Waals surface area contributed by atoms with E-state index < -0.39 is 42.0 Å². The molecule has 1 aliphatic heterocycles. The second kappa shape index (κ2) is 13.4. The number of aromatic nitrogens is 2. The number of aromatic amines is 1. The van der Waals surface area contributed by atoms with Crippen LogP contribution in [-0.4, -0.2) is 58.2 Å². The van der Waals surface area contributed by atoms with Gasteiger partial charge in [-0.05, 0) is 0 Å². The number of hydrogen-bond donors (Lipinski definition) is 1. The Morgan fingerprint density at radius 1 is 0.930 bits per heavy atom. The van der Waals surface area contributed by atoms with E-state index in [9.17, 15) is 14.2 Å². The Kier molecular flexibility index (Phi) is 9.62. The number of benzene rings is 3. The molecule has 1 N–H and O–H groups in total. The first kappa shape index (κ1) is 30.9. The molecule has 1 fully saturated rings. The van der Waals surface area contributed by atoms with Gasteiger partial charge in [-0.2, -0.15) is 0 Å². The first-order valence-electron chi connectivity index (χ1n) is 13.5.